The van der Waals surface area contributed by atoms with Gasteiger partial charge in [-0.2, -0.15) is 0 Å². The van der Waals surface area contributed by atoms with Gasteiger partial charge in [0.15, 0.2) is 6.67 Å². The maximum Gasteiger partial charge on any atom is 0.514 e. The van der Waals surface area contributed by atoms with Gasteiger partial charge in [-0.25, -0.2) is 13.2 Å². The van der Waals surface area contributed by atoms with Crippen LogP contribution in [0.3, 0.4) is 0 Å². The van der Waals surface area contributed by atoms with Crippen molar-refractivity contribution in [2.75, 3.05) is 6.67 Å². The molecule has 0 rings (SSSR count). The molecule has 0 atom stereocenters. The van der Waals surface area contributed by atoms with E-state index in [0.29, 0.717) is 0 Å². The normalized spacial score (nSPS) is 14.7. The summed E-state index contributed by atoms with van der Waals surface area (Å²) in [6.45, 7) is -1.40. The molecule has 0 fully saturated rings. The molecule has 2 nitrogen and oxygen atoms in total. The summed E-state index contributed by atoms with van der Waals surface area (Å²) in [7, 11) is -6.27. The molecule has 0 N–H and O–H groups in total. The highest BCUT2D eigenvalue weighted by molar-refractivity contribution is 6.70. The number of alkyl halides is 9. The second-order valence-corrected chi connectivity index (χ2v) is 6.94. The highest BCUT2D eigenvalue weighted by Crippen LogP contribution is 2.42. The van der Waals surface area contributed by atoms with Gasteiger partial charge < -0.3 is 8.85 Å². The van der Waals surface area contributed by atoms with Gasteiger partial charge in [0.05, 0.1) is 0 Å². The Morgan fingerprint density at radius 3 is 1.50 bits per heavy atom. The average molecular weight is 338 g/mol. The maximum atomic E-state index is 13.3. The van der Waals surface area contributed by atoms with Crippen LogP contribution in [0.4, 0.5) is 39.5 Å². The van der Waals surface area contributed by atoms with Crippen molar-refractivity contribution < 1.29 is 48.4 Å². The van der Waals surface area contributed by atoms with Crippen LogP contribution in [0.15, 0.2) is 0 Å². The molecule has 0 heterocycles. The Hall–Kier alpha value is -0.493. The van der Waals surface area contributed by atoms with Gasteiger partial charge in [0.25, 0.3) is 0 Å². The third kappa shape index (κ3) is 5.87. The second-order valence-electron chi connectivity index (χ2n) is 3.79. The van der Waals surface area contributed by atoms with Crippen molar-refractivity contribution in [2.24, 2.45) is 0 Å². The summed E-state index contributed by atoms with van der Waals surface area (Å²) in [4.78, 5) is 0. The summed E-state index contributed by atoms with van der Waals surface area (Å²) in [6.07, 6.45) is -12.1. The van der Waals surface area contributed by atoms with Crippen LogP contribution in [0.25, 0.3) is 0 Å². The van der Waals surface area contributed by atoms with Crippen molar-refractivity contribution in [3.63, 3.8) is 0 Å². The summed E-state index contributed by atoms with van der Waals surface area (Å²) < 4.78 is 118. The van der Waals surface area contributed by atoms with E-state index in [4.69, 9.17) is 0 Å². The van der Waals surface area contributed by atoms with Crippen molar-refractivity contribution >= 4 is 8.56 Å². The summed E-state index contributed by atoms with van der Waals surface area (Å²) >= 11 is 0. The van der Waals surface area contributed by atoms with Gasteiger partial charge in [0, 0.05) is 0 Å². The minimum atomic E-state index is -6.27. The number of rotatable bonds is 7. The van der Waals surface area contributed by atoms with Crippen LogP contribution in [0.1, 0.15) is 19.8 Å². The van der Waals surface area contributed by atoms with E-state index in [9.17, 15) is 39.5 Å². The first-order valence-electron chi connectivity index (χ1n) is 5.26. The number of hydrogen-bond donors (Lipinski definition) is 0. The molecule has 0 amide bonds. The van der Waals surface area contributed by atoms with Crippen LogP contribution in [-0.2, 0) is 8.85 Å². The fraction of sp³-hybridized carbons (Fsp3) is 1.00. The Labute approximate surface area is 109 Å². The largest absolute Gasteiger partial charge is 0.514 e. The first kappa shape index (κ1) is 19.5. The van der Waals surface area contributed by atoms with Crippen LogP contribution in [0.5, 0.6) is 0 Å². The Kier molecular flexibility index (Phi) is 6.35. The van der Waals surface area contributed by atoms with E-state index in [1.807, 2.05) is 0 Å². The number of unbranched alkanes of at least 4 members (excludes halogenated alkanes) is 1. The zero-order chi connectivity index (χ0) is 16.2. The van der Waals surface area contributed by atoms with Crippen molar-refractivity contribution in [1.82, 2.24) is 0 Å². The highest BCUT2D eigenvalue weighted by atomic mass is 28.4. The number of halogens is 9. The van der Waals surface area contributed by atoms with Crippen molar-refractivity contribution in [2.45, 2.75) is 44.1 Å². The molecule has 0 aromatic carbocycles. The Balaban J connectivity index is 5.63. The van der Waals surface area contributed by atoms with Crippen LogP contribution in [0, 0.1) is 0 Å². The van der Waals surface area contributed by atoms with E-state index in [2.05, 4.69) is 8.85 Å². The van der Waals surface area contributed by atoms with E-state index >= 15 is 0 Å². The molecule has 0 unspecified atom stereocenters. The average Bonchev–Trinajstić information content (AvgIpc) is 2.21. The molecule has 0 saturated carbocycles. The molecule has 0 aliphatic carbocycles. The molecule has 20 heavy (non-hydrogen) atoms. The summed E-state index contributed by atoms with van der Waals surface area (Å²) in [5.74, 6) is 0. The minimum Gasteiger partial charge on any atom is -0.302 e. The minimum absolute atomic E-state index is 0.000446. The van der Waals surface area contributed by atoms with E-state index in [1.54, 1.807) is 0 Å². The molecule has 0 aliphatic heterocycles. The lowest BCUT2D eigenvalue weighted by Gasteiger charge is -2.36. The fourth-order valence-electron chi connectivity index (χ4n) is 1.34. The third-order valence-electron chi connectivity index (χ3n) is 2.15. The van der Waals surface area contributed by atoms with Gasteiger partial charge in [0.2, 0.25) is 0 Å². The zero-order valence-electron chi connectivity index (χ0n) is 10.0. The summed E-state index contributed by atoms with van der Waals surface area (Å²) in [6, 6.07) is -1.35. The lowest BCUT2D eigenvalue weighted by Crippen LogP contribution is -2.63. The smallest absolute Gasteiger partial charge is 0.302 e. The topological polar surface area (TPSA) is 18.5 Å². The first-order chi connectivity index (χ1) is 8.79. The Morgan fingerprint density at radius 2 is 1.25 bits per heavy atom. The van der Waals surface area contributed by atoms with Crippen LogP contribution >= 0.6 is 0 Å². The zero-order valence-corrected chi connectivity index (χ0v) is 11.0. The molecule has 0 aromatic heterocycles. The molecule has 0 saturated heterocycles. The molecule has 0 aliphatic rings. The van der Waals surface area contributed by atoms with Gasteiger partial charge in [-0.05, 0) is 6.04 Å². The van der Waals surface area contributed by atoms with Crippen molar-refractivity contribution in [3.8, 4) is 0 Å². The quantitative estimate of drug-likeness (QED) is 0.504. The van der Waals surface area contributed by atoms with Gasteiger partial charge in [-0.3, -0.25) is 0 Å². The Bertz CT molecular complexity index is 285. The maximum absolute atomic E-state index is 13.3. The molecular weight excluding hydrogens is 327 g/mol. The van der Waals surface area contributed by atoms with Crippen LogP contribution in [-0.4, -0.2) is 33.5 Å². The molecule has 0 radical (unpaired) electrons. The predicted octanol–water partition coefficient (Wildman–Crippen LogP) is 4.45. The molecule has 12 heteroatoms. The lowest BCUT2D eigenvalue weighted by atomic mass is 10.4. The van der Waals surface area contributed by atoms with Gasteiger partial charge in [-0.15, -0.1) is 26.3 Å². The van der Waals surface area contributed by atoms with Crippen molar-refractivity contribution in [3.05, 3.63) is 0 Å². The summed E-state index contributed by atoms with van der Waals surface area (Å²) in [5, 5.41) is 0. The van der Waals surface area contributed by atoms with Gasteiger partial charge in [-0.1, -0.05) is 19.8 Å². The van der Waals surface area contributed by atoms with E-state index in [0.717, 1.165) is 0 Å². The van der Waals surface area contributed by atoms with Crippen LogP contribution < -0.4 is 0 Å². The van der Waals surface area contributed by atoms with Crippen molar-refractivity contribution in [1.29, 1.82) is 0 Å². The second kappa shape index (κ2) is 6.51. The predicted molar refractivity (Wildman–Crippen MR) is 50.7 cm³/mol. The van der Waals surface area contributed by atoms with Gasteiger partial charge in [0.1, 0.15) is 0 Å². The van der Waals surface area contributed by atoms with Gasteiger partial charge >= 0.3 is 26.8 Å². The van der Waals surface area contributed by atoms with E-state index in [-0.39, 0.29) is 6.42 Å². The molecular formula is C8H11F9O2Si. The number of hydrogen-bond acceptors (Lipinski definition) is 2. The lowest BCUT2D eigenvalue weighted by molar-refractivity contribution is -0.332. The fourth-order valence-corrected chi connectivity index (χ4v) is 4.02. The molecule has 122 valence electrons. The highest BCUT2D eigenvalue weighted by Gasteiger charge is 2.68. The SMILES string of the molecule is CCCC[Si](OC(F)(F)F)(OC(F)(F)F)C(F)(F)CF. The van der Waals surface area contributed by atoms with E-state index < -0.39 is 46.0 Å². The molecule has 0 bridgehead atoms. The van der Waals surface area contributed by atoms with Crippen LogP contribution in [0.2, 0.25) is 6.04 Å². The monoisotopic (exact) mass is 338 g/mol. The summed E-state index contributed by atoms with van der Waals surface area (Å²) in [5.41, 5.74) is -4.99. The first-order valence-corrected chi connectivity index (χ1v) is 7.28. The molecule has 0 aromatic rings. The Morgan fingerprint density at radius 1 is 0.850 bits per heavy atom. The standard InChI is InChI=1S/C8H11F9O2Si/c1-2-3-4-20(6(10,11)5-9,18-7(12,13)14)19-8(15,16)17/h2-5H2,1H3. The third-order valence-corrected chi connectivity index (χ3v) is 5.53. The molecule has 0 spiro atoms. The van der Waals surface area contributed by atoms with E-state index in [1.165, 1.54) is 6.92 Å².